The monoisotopic (exact) mass is 317 g/mol. The highest BCUT2D eigenvalue weighted by Crippen LogP contribution is 2.30. The number of rotatable bonds is 2. The Labute approximate surface area is 116 Å². The van der Waals surface area contributed by atoms with Gasteiger partial charge in [-0.25, -0.2) is 9.99 Å². The highest BCUT2D eigenvalue weighted by atomic mass is 79.9. The molecule has 1 atom stereocenters. The molecule has 0 bridgehead atoms. The van der Waals surface area contributed by atoms with Gasteiger partial charge in [0.05, 0.1) is 5.02 Å². The molecule has 0 unspecified atom stereocenters. The lowest BCUT2D eigenvalue weighted by Gasteiger charge is -2.18. The zero-order chi connectivity index (χ0) is 12.3. The molecule has 17 heavy (non-hydrogen) atoms. The molecule has 1 aromatic heterocycles. The van der Waals surface area contributed by atoms with Gasteiger partial charge in [0, 0.05) is 19.3 Å². The third-order valence-electron chi connectivity index (χ3n) is 3.33. The van der Waals surface area contributed by atoms with E-state index in [1.807, 2.05) is 19.3 Å². The molecule has 3 nitrogen and oxygen atoms in total. The highest BCUT2D eigenvalue weighted by Gasteiger charge is 2.18. The summed E-state index contributed by atoms with van der Waals surface area (Å²) in [6.45, 7) is 2.19. The molecule has 0 saturated carbocycles. The Balaban J connectivity index is 2.08. The lowest BCUT2D eigenvalue weighted by atomic mass is 9.93. The van der Waals surface area contributed by atoms with E-state index in [2.05, 4.69) is 31.3 Å². The van der Waals surface area contributed by atoms with E-state index in [1.165, 1.54) is 18.4 Å². The van der Waals surface area contributed by atoms with Gasteiger partial charge in [-0.1, -0.05) is 11.6 Å². The standard InChI is InChI=1S/C12H17BrClN3/c1-15-17-5-2-3-9(4-6-17)10-7-11(14)12(13)16-8-10/h7-9,15H,2-6H2,1H3/t9-/m1/s1. The molecule has 1 saturated heterocycles. The minimum Gasteiger partial charge on any atom is -0.258 e. The molecule has 0 aromatic carbocycles. The van der Waals surface area contributed by atoms with Crippen LogP contribution in [0.5, 0.6) is 0 Å². The van der Waals surface area contributed by atoms with Gasteiger partial charge in [0.2, 0.25) is 0 Å². The Hall–Kier alpha value is -0.160. The van der Waals surface area contributed by atoms with Gasteiger partial charge in [-0.15, -0.1) is 0 Å². The number of hydrogen-bond acceptors (Lipinski definition) is 3. The average Bonchev–Trinajstić information content (AvgIpc) is 2.58. The van der Waals surface area contributed by atoms with Crippen LogP contribution in [0.15, 0.2) is 16.9 Å². The molecule has 1 fully saturated rings. The van der Waals surface area contributed by atoms with Gasteiger partial charge in [0.25, 0.3) is 0 Å². The van der Waals surface area contributed by atoms with Gasteiger partial charge in [-0.3, -0.25) is 5.43 Å². The normalized spacial score (nSPS) is 22.4. The van der Waals surface area contributed by atoms with Gasteiger partial charge in [0.15, 0.2) is 0 Å². The first kappa shape index (κ1) is 13.3. The summed E-state index contributed by atoms with van der Waals surface area (Å²) in [6, 6.07) is 2.04. The van der Waals surface area contributed by atoms with Crippen LogP contribution >= 0.6 is 27.5 Å². The number of hydrogen-bond donors (Lipinski definition) is 1. The second kappa shape index (κ2) is 6.14. The first-order valence-electron chi connectivity index (χ1n) is 5.94. The van der Waals surface area contributed by atoms with Crippen molar-refractivity contribution in [1.29, 1.82) is 0 Å². The SMILES string of the molecule is CNN1CCC[C@@H](c2cnc(Br)c(Cl)c2)CC1. The third kappa shape index (κ3) is 3.41. The maximum Gasteiger partial charge on any atom is 0.124 e. The van der Waals surface area contributed by atoms with Gasteiger partial charge in [0.1, 0.15) is 4.60 Å². The Kier molecular flexibility index (Phi) is 4.79. The van der Waals surface area contributed by atoms with E-state index in [0.29, 0.717) is 10.9 Å². The molecule has 2 heterocycles. The van der Waals surface area contributed by atoms with Gasteiger partial charge in [-0.2, -0.15) is 0 Å². The predicted octanol–water partition coefficient (Wildman–Crippen LogP) is 3.20. The first-order chi connectivity index (χ1) is 8.20. The van der Waals surface area contributed by atoms with Gasteiger partial charge in [-0.05, 0) is 59.8 Å². The van der Waals surface area contributed by atoms with Crippen LogP contribution in [0.25, 0.3) is 0 Å². The summed E-state index contributed by atoms with van der Waals surface area (Å²) in [5.74, 6) is 0.575. The molecule has 5 heteroatoms. The fourth-order valence-corrected chi connectivity index (χ4v) is 2.70. The van der Waals surface area contributed by atoms with E-state index in [1.54, 1.807) is 0 Å². The quantitative estimate of drug-likeness (QED) is 0.849. The van der Waals surface area contributed by atoms with Crippen LogP contribution in [0.1, 0.15) is 30.7 Å². The van der Waals surface area contributed by atoms with Gasteiger partial charge >= 0.3 is 0 Å². The summed E-state index contributed by atoms with van der Waals surface area (Å²) in [4.78, 5) is 4.28. The van der Waals surface area contributed by atoms with Crippen LogP contribution in [0.3, 0.4) is 0 Å². The van der Waals surface area contributed by atoms with Crippen molar-refractivity contribution in [3.63, 3.8) is 0 Å². The zero-order valence-electron chi connectivity index (χ0n) is 9.92. The smallest absolute Gasteiger partial charge is 0.124 e. The zero-order valence-corrected chi connectivity index (χ0v) is 12.3. The minimum absolute atomic E-state index is 0.575. The number of nitrogens with zero attached hydrogens (tertiary/aromatic N) is 2. The number of hydrazine groups is 1. The molecular formula is C12H17BrClN3. The van der Waals surface area contributed by atoms with Crippen LogP contribution in [0.2, 0.25) is 5.02 Å². The van der Waals surface area contributed by atoms with Crippen LogP contribution in [-0.4, -0.2) is 30.1 Å². The summed E-state index contributed by atoms with van der Waals surface area (Å²) in [5, 5.41) is 2.98. The van der Waals surface area contributed by atoms with Crippen LogP contribution < -0.4 is 5.43 Å². The molecule has 94 valence electrons. The van der Waals surface area contributed by atoms with Crippen LogP contribution in [0, 0.1) is 0 Å². The lowest BCUT2D eigenvalue weighted by molar-refractivity contribution is 0.216. The minimum atomic E-state index is 0.575. The van der Waals surface area contributed by atoms with Crippen molar-refractivity contribution in [2.45, 2.75) is 25.2 Å². The van der Waals surface area contributed by atoms with Crippen LogP contribution in [0.4, 0.5) is 0 Å². The van der Waals surface area contributed by atoms with Crippen molar-refractivity contribution >= 4 is 27.5 Å². The molecule has 2 rings (SSSR count). The molecule has 0 spiro atoms. The summed E-state index contributed by atoms with van der Waals surface area (Å²) in [5.41, 5.74) is 4.48. The van der Waals surface area contributed by atoms with Crippen molar-refractivity contribution in [3.8, 4) is 0 Å². The summed E-state index contributed by atoms with van der Waals surface area (Å²) >= 11 is 9.43. The molecule has 1 aliphatic rings. The maximum absolute atomic E-state index is 6.10. The van der Waals surface area contributed by atoms with Crippen molar-refractivity contribution in [3.05, 3.63) is 27.5 Å². The second-order valence-electron chi connectivity index (χ2n) is 4.38. The summed E-state index contributed by atoms with van der Waals surface area (Å²) < 4.78 is 0.730. The number of pyridine rings is 1. The molecule has 0 radical (unpaired) electrons. The number of halogens is 2. The summed E-state index contributed by atoms with van der Waals surface area (Å²) in [7, 11) is 1.98. The number of aromatic nitrogens is 1. The molecule has 1 aromatic rings. The second-order valence-corrected chi connectivity index (χ2v) is 5.54. The van der Waals surface area contributed by atoms with Crippen molar-refractivity contribution < 1.29 is 0 Å². The maximum atomic E-state index is 6.10. The predicted molar refractivity (Wildman–Crippen MR) is 74.2 cm³/mol. The third-order valence-corrected chi connectivity index (χ3v) is 4.48. The van der Waals surface area contributed by atoms with Crippen LogP contribution in [-0.2, 0) is 0 Å². The lowest BCUT2D eigenvalue weighted by Crippen LogP contribution is -2.35. The fraction of sp³-hybridized carbons (Fsp3) is 0.583. The molecule has 1 aliphatic heterocycles. The van der Waals surface area contributed by atoms with E-state index in [4.69, 9.17) is 11.6 Å². The molecular weight excluding hydrogens is 302 g/mol. The Morgan fingerprint density at radius 3 is 3.00 bits per heavy atom. The Morgan fingerprint density at radius 1 is 1.47 bits per heavy atom. The van der Waals surface area contributed by atoms with Crippen molar-refractivity contribution in [1.82, 2.24) is 15.4 Å². The molecule has 0 aliphatic carbocycles. The Bertz CT molecular complexity index is 386. The molecule has 0 amide bonds. The fourth-order valence-electron chi connectivity index (χ4n) is 2.31. The highest BCUT2D eigenvalue weighted by molar-refractivity contribution is 9.10. The van der Waals surface area contributed by atoms with Crippen molar-refractivity contribution in [2.24, 2.45) is 0 Å². The first-order valence-corrected chi connectivity index (χ1v) is 7.11. The van der Waals surface area contributed by atoms with E-state index in [9.17, 15) is 0 Å². The number of nitrogens with one attached hydrogen (secondary N) is 1. The topological polar surface area (TPSA) is 28.2 Å². The van der Waals surface area contributed by atoms with E-state index < -0.39 is 0 Å². The molecule has 1 N–H and O–H groups in total. The van der Waals surface area contributed by atoms with E-state index >= 15 is 0 Å². The Morgan fingerprint density at radius 2 is 2.29 bits per heavy atom. The van der Waals surface area contributed by atoms with E-state index in [-0.39, 0.29) is 0 Å². The largest absolute Gasteiger partial charge is 0.258 e. The van der Waals surface area contributed by atoms with Gasteiger partial charge < -0.3 is 0 Å². The van der Waals surface area contributed by atoms with Crippen molar-refractivity contribution in [2.75, 3.05) is 20.1 Å². The average molecular weight is 319 g/mol. The van der Waals surface area contributed by atoms with E-state index in [0.717, 1.165) is 24.1 Å². The summed E-state index contributed by atoms with van der Waals surface area (Å²) in [6.07, 6.45) is 5.51.